The number of rotatable bonds is 15. The minimum absolute atomic E-state index is 0.0485. The van der Waals surface area contributed by atoms with Crippen molar-refractivity contribution in [3.8, 4) is 5.75 Å². The van der Waals surface area contributed by atoms with Crippen molar-refractivity contribution in [3.63, 3.8) is 0 Å². The highest BCUT2D eigenvalue weighted by molar-refractivity contribution is 7.52. The highest BCUT2D eigenvalue weighted by Crippen LogP contribution is 2.46. The molecule has 43 heavy (non-hydrogen) atoms. The fraction of sp³-hybridized carbons (Fsp3) is 0.414. The lowest BCUT2D eigenvalue weighted by Crippen LogP contribution is -2.39. The molecule has 0 bridgehead atoms. The summed E-state index contributed by atoms with van der Waals surface area (Å²) in [6.45, 7) is 6.89. The van der Waals surface area contributed by atoms with E-state index in [9.17, 15) is 14.5 Å². The monoisotopic (exact) mass is 633 g/mol. The first-order valence-corrected chi connectivity index (χ1v) is 15.9. The number of nitrogens with one attached hydrogen (secondary N) is 1. The number of imidazole rings is 1. The van der Waals surface area contributed by atoms with E-state index in [-0.39, 0.29) is 24.8 Å². The number of pyridine rings is 1. The number of nitrogens with two attached hydrogens (primary N) is 1. The highest BCUT2D eigenvalue weighted by atomic mass is 35.5. The van der Waals surface area contributed by atoms with Crippen molar-refractivity contribution in [1.82, 2.24) is 19.6 Å². The molecule has 0 aliphatic heterocycles. The number of fused-ring (bicyclic) bond motifs is 3. The Morgan fingerprint density at radius 2 is 1.91 bits per heavy atom. The fourth-order valence-corrected chi connectivity index (χ4v) is 6.08. The standard InChI is InChI=1S/C29H37ClN5O7P/c1-5-7-16-40-28(36)19(3)34-43(38,42-21-14-12-20(30)13-15-21)41-18-29(4,37)35-24(17-39-6-2)33-25-26(35)22-10-8-9-11-23(22)32-27(25)31/h8-15,19,37H,5-7,16-18H2,1-4H3,(H2,31,32)(H,34,38)/t19-,29-,43-/m0/s1. The summed E-state index contributed by atoms with van der Waals surface area (Å²) < 4.78 is 38.2. The van der Waals surface area contributed by atoms with Gasteiger partial charge >= 0.3 is 13.7 Å². The predicted molar refractivity (Wildman–Crippen MR) is 165 cm³/mol. The van der Waals surface area contributed by atoms with Gasteiger partial charge in [0.15, 0.2) is 11.5 Å². The third-order valence-electron chi connectivity index (χ3n) is 6.50. The van der Waals surface area contributed by atoms with Gasteiger partial charge in [-0.2, -0.15) is 5.09 Å². The van der Waals surface area contributed by atoms with E-state index in [2.05, 4.69) is 15.1 Å². The van der Waals surface area contributed by atoms with Crippen LogP contribution in [0.3, 0.4) is 0 Å². The number of hydrogen-bond donors (Lipinski definition) is 3. The minimum Gasteiger partial charge on any atom is -0.465 e. The Morgan fingerprint density at radius 3 is 2.60 bits per heavy atom. The Kier molecular flexibility index (Phi) is 10.7. The van der Waals surface area contributed by atoms with Crippen molar-refractivity contribution in [2.24, 2.45) is 0 Å². The topological polar surface area (TPSA) is 160 Å². The molecule has 2 aromatic heterocycles. The Labute approximate surface area is 255 Å². The van der Waals surface area contributed by atoms with Gasteiger partial charge in [0.1, 0.15) is 36.3 Å². The number of anilines is 1. The van der Waals surface area contributed by atoms with Crippen molar-refractivity contribution in [2.45, 2.75) is 58.9 Å². The van der Waals surface area contributed by atoms with Crippen molar-refractivity contribution < 1.29 is 33.0 Å². The molecule has 12 nitrogen and oxygen atoms in total. The number of hydrogen-bond acceptors (Lipinski definition) is 10. The molecule has 2 aromatic carbocycles. The number of benzene rings is 2. The SMILES string of the molecule is CCCCOC(=O)[C@H](C)N[P@](=O)(OC[C@](C)(O)n1c(COCC)nc2c(N)nc3ccccc3c21)Oc1ccc(Cl)cc1. The highest BCUT2D eigenvalue weighted by Gasteiger charge is 2.38. The van der Waals surface area contributed by atoms with Gasteiger partial charge in [0.05, 0.1) is 17.6 Å². The van der Waals surface area contributed by atoms with E-state index in [1.165, 1.54) is 30.5 Å². The molecule has 3 atom stereocenters. The maximum absolute atomic E-state index is 14.1. The number of nitrogens with zero attached hydrogens (tertiary/aromatic N) is 3. The molecular formula is C29H37ClN5O7P. The molecule has 0 unspecified atom stereocenters. The van der Waals surface area contributed by atoms with E-state index in [1.807, 2.05) is 32.0 Å². The van der Waals surface area contributed by atoms with E-state index in [0.717, 1.165) is 6.42 Å². The molecule has 232 valence electrons. The number of aliphatic hydroxyl groups is 1. The summed E-state index contributed by atoms with van der Waals surface area (Å²) in [6.07, 6.45) is 1.53. The molecule has 0 spiro atoms. The summed E-state index contributed by atoms with van der Waals surface area (Å²) in [7, 11) is -4.31. The van der Waals surface area contributed by atoms with Crippen LogP contribution in [0.4, 0.5) is 5.82 Å². The molecule has 4 rings (SSSR count). The first kappa shape index (κ1) is 32.7. The van der Waals surface area contributed by atoms with Crippen LogP contribution in [0.5, 0.6) is 5.75 Å². The molecular weight excluding hydrogens is 597 g/mol. The second kappa shape index (κ2) is 14.0. The van der Waals surface area contributed by atoms with Crippen LogP contribution in [0.1, 0.15) is 46.4 Å². The lowest BCUT2D eigenvalue weighted by atomic mass is 10.1. The van der Waals surface area contributed by atoms with Crippen LogP contribution in [0.15, 0.2) is 48.5 Å². The van der Waals surface area contributed by atoms with Crippen LogP contribution in [-0.4, -0.2) is 51.5 Å². The number of ether oxygens (including phenoxy) is 2. The Hall–Kier alpha value is -3.25. The lowest BCUT2D eigenvalue weighted by molar-refractivity contribution is -0.145. The van der Waals surface area contributed by atoms with Crippen LogP contribution in [0, 0.1) is 0 Å². The summed E-state index contributed by atoms with van der Waals surface area (Å²) in [5.41, 5.74) is 5.89. The van der Waals surface area contributed by atoms with Gasteiger partial charge < -0.3 is 24.8 Å². The number of esters is 1. The first-order valence-electron chi connectivity index (χ1n) is 14.0. The molecule has 0 radical (unpaired) electrons. The summed E-state index contributed by atoms with van der Waals surface area (Å²) in [4.78, 5) is 21.7. The van der Waals surface area contributed by atoms with Crippen molar-refractivity contribution in [3.05, 3.63) is 59.4 Å². The Bertz CT molecular complexity index is 1610. The van der Waals surface area contributed by atoms with Gasteiger partial charge in [-0.15, -0.1) is 0 Å². The summed E-state index contributed by atoms with van der Waals surface area (Å²) >= 11 is 6.00. The summed E-state index contributed by atoms with van der Waals surface area (Å²) in [5.74, 6) is 0.0690. The molecule has 0 aliphatic carbocycles. The van der Waals surface area contributed by atoms with E-state index in [0.29, 0.717) is 45.8 Å². The molecule has 14 heteroatoms. The largest absolute Gasteiger partial charge is 0.465 e. The van der Waals surface area contributed by atoms with Crippen molar-refractivity contribution in [1.29, 1.82) is 0 Å². The average Bonchev–Trinajstić information content (AvgIpc) is 3.38. The van der Waals surface area contributed by atoms with E-state index < -0.39 is 32.1 Å². The number of carbonyl (C=O) groups excluding carboxylic acids is 1. The zero-order valence-corrected chi connectivity index (χ0v) is 26.2. The van der Waals surface area contributed by atoms with E-state index >= 15 is 0 Å². The molecule has 4 N–H and O–H groups in total. The van der Waals surface area contributed by atoms with Crippen LogP contribution >= 0.6 is 19.3 Å². The second-order valence-corrected chi connectivity index (χ2v) is 12.2. The number of aromatic nitrogens is 3. The zero-order valence-electron chi connectivity index (χ0n) is 24.6. The number of halogens is 1. The van der Waals surface area contributed by atoms with Gasteiger partial charge in [-0.3, -0.25) is 13.9 Å². The van der Waals surface area contributed by atoms with E-state index in [1.54, 1.807) is 18.2 Å². The van der Waals surface area contributed by atoms with Crippen LogP contribution in [0.2, 0.25) is 5.02 Å². The zero-order chi connectivity index (χ0) is 31.2. The number of unbranched alkanes of at least 4 members (excludes halogenated alkanes) is 1. The molecule has 4 aromatic rings. The normalized spacial score (nSPS) is 15.2. The van der Waals surface area contributed by atoms with Gasteiger partial charge in [-0.05, 0) is 57.5 Å². The molecule has 0 amide bonds. The van der Waals surface area contributed by atoms with Gasteiger partial charge in [0.25, 0.3) is 0 Å². The third-order valence-corrected chi connectivity index (χ3v) is 8.38. The second-order valence-electron chi connectivity index (χ2n) is 10.1. The van der Waals surface area contributed by atoms with Gasteiger partial charge in [-0.1, -0.05) is 43.1 Å². The Morgan fingerprint density at radius 1 is 1.19 bits per heavy atom. The summed E-state index contributed by atoms with van der Waals surface area (Å²) in [5, 5.41) is 15.7. The maximum Gasteiger partial charge on any atom is 0.459 e. The molecule has 0 fully saturated rings. The number of carbonyl (C=O) groups is 1. The summed E-state index contributed by atoms with van der Waals surface area (Å²) in [6, 6.07) is 12.4. The van der Waals surface area contributed by atoms with Crippen LogP contribution in [-0.2, 0) is 35.7 Å². The molecule has 2 heterocycles. The van der Waals surface area contributed by atoms with E-state index in [4.69, 9.17) is 35.9 Å². The van der Waals surface area contributed by atoms with Gasteiger partial charge in [0.2, 0.25) is 0 Å². The van der Waals surface area contributed by atoms with Crippen molar-refractivity contribution >= 4 is 53.1 Å². The minimum atomic E-state index is -4.31. The number of para-hydroxylation sites is 1. The van der Waals surface area contributed by atoms with Gasteiger partial charge in [-0.25, -0.2) is 14.5 Å². The average molecular weight is 634 g/mol. The molecule has 0 saturated heterocycles. The smallest absolute Gasteiger partial charge is 0.459 e. The van der Waals surface area contributed by atoms with Crippen LogP contribution < -0.4 is 15.3 Å². The molecule has 0 saturated carbocycles. The van der Waals surface area contributed by atoms with Crippen LogP contribution in [0.25, 0.3) is 21.9 Å². The molecule has 0 aliphatic rings. The van der Waals surface area contributed by atoms with Crippen molar-refractivity contribution in [2.75, 3.05) is 25.6 Å². The quantitative estimate of drug-likeness (QED) is 0.0856. The van der Waals surface area contributed by atoms with Gasteiger partial charge in [0, 0.05) is 17.0 Å². The third kappa shape index (κ3) is 7.83. The fourth-order valence-electron chi connectivity index (χ4n) is 4.38. The first-order chi connectivity index (χ1) is 20.5. The maximum atomic E-state index is 14.1. The lowest BCUT2D eigenvalue weighted by Gasteiger charge is -2.30. The predicted octanol–water partition coefficient (Wildman–Crippen LogP) is 5.55. The Balaban J connectivity index is 1.70. The number of nitrogen functional groups attached to an aromatic ring is 1.